The second kappa shape index (κ2) is 8.90. The number of rotatable bonds is 8. The quantitative estimate of drug-likeness (QED) is 0.554. The molecule has 0 aliphatic rings. The van der Waals surface area contributed by atoms with Crippen LogP contribution in [0, 0.1) is 0 Å². The molecule has 0 atom stereocenters. The first kappa shape index (κ1) is 19.2. The topological polar surface area (TPSA) is 101 Å². The van der Waals surface area contributed by atoms with E-state index >= 15 is 0 Å². The van der Waals surface area contributed by atoms with E-state index in [0.717, 1.165) is 17.7 Å². The van der Waals surface area contributed by atoms with Crippen molar-refractivity contribution in [2.24, 2.45) is 0 Å². The number of benzene rings is 2. The van der Waals surface area contributed by atoms with E-state index in [0.29, 0.717) is 23.9 Å². The number of nitrogens with one attached hydrogen (secondary N) is 3. The number of aromatic nitrogens is 3. The summed E-state index contributed by atoms with van der Waals surface area (Å²) in [4.78, 5) is 12.5. The molecule has 1 amide bonds. The molecule has 0 aliphatic heterocycles. The molecule has 2 aromatic carbocycles. The summed E-state index contributed by atoms with van der Waals surface area (Å²) in [6.07, 6.45) is 0.966. The largest absolute Gasteiger partial charge is 0.493 e. The molecule has 3 N–H and O–H groups in total. The van der Waals surface area contributed by atoms with E-state index in [1.165, 1.54) is 5.56 Å². The Bertz CT molecular complexity index is 937. The van der Waals surface area contributed by atoms with Crippen LogP contribution < -0.4 is 20.1 Å². The van der Waals surface area contributed by atoms with Gasteiger partial charge in [0.15, 0.2) is 23.0 Å². The summed E-state index contributed by atoms with van der Waals surface area (Å²) in [6.45, 7) is 2.41. The third-order valence-corrected chi connectivity index (χ3v) is 4.29. The molecule has 8 heteroatoms. The van der Waals surface area contributed by atoms with Crippen LogP contribution in [0.25, 0.3) is 0 Å². The minimum atomic E-state index is -0.337. The van der Waals surface area contributed by atoms with Crippen LogP contribution in [0.1, 0.15) is 28.5 Å². The zero-order valence-corrected chi connectivity index (χ0v) is 16.1. The SMILES string of the molecule is CCc1ccc(Nc2n[nH]nc2C(=O)NCc2ccc(OC)c(OC)c2)cc1. The molecule has 0 saturated heterocycles. The molecule has 3 aromatic rings. The minimum Gasteiger partial charge on any atom is -0.493 e. The normalized spacial score (nSPS) is 10.4. The summed E-state index contributed by atoms with van der Waals surface area (Å²) < 4.78 is 10.5. The van der Waals surface area contributed by atoms with E-state index in [1.807, 2.05) is 36.4 Å². The van der Waals surface area contributed by atoms with Gasteiger partial charge in [-0.05, 0) is 41.8 Å². The Hall–Kier alpha value is -3.55. The molecular formula is C20H23N5O3. The first-order valence-electron chi connectivity index (χ1n) is 8.90. The molecule has 0 aliphatic carbocycles. The van der Waals surface area contributed by atoms with Crippen molar-refractivity contribution < 1.29 is 14.3 Å². The second-order valence-corrected chi connectivity index (χ2v) is 6.07. The first-order chi connectivity index (χ1) is 13.6. The smallest absolute Gasteiger partial charge is 0.275 e. The predicted octanol–water partition coefficient (Wildman–Crippen LogP) is 3.06. The highest BCUT2D eigenvalue weighted by Gasteiger charge is 2.17. The summed E-state index contributed by atoms with van der Waals surface area (Å²) in [5.74, 6) is 1.27. The van der Waals surface area contributed by atoms with Gasteiger partial charge in [0, 0.05) is 12.2 Å². The molecule has 0 saturated carbocycles. The van der Waals surface area contributed by atoms with Crippen molar-refractivity contribution >= 4 is 17.4 Å². The standard InChI is InChI=1S/C20H23N5O3/c1-4-13-5-8-15(9-6-13)22-19-18(23-25-24-19)20(26)21-12-14-7-10-16(27-2)17(11-14)28-3/h5-11H,4,12H2,1-3H3,(H,21,26)(H2,22,23,24,25). The Morgan fingerprint density at radius 2 is 1.71 bits per heavy atom. The molecule has 1 aromatic heterocycles. The molecule has 8 nitrogen and oxygen atoms in total. The van der Waals surface area contributed by atoms with Crippen LogP contribution in [0.3, 0.4) is 0 Å². The van der Waals surface area contributed by atoms with E-state index in [-0.39, 0.29) is 11.6 Å². The molecule has 0 spiro atoms. The van der Waals surface area contributed by atoms with E-state index in [2.05, 4.69) is 33.0 Å². The third kappa shape index (κ3) is 4.40. The molecule has 0 fully saturated rings. The fourth-order valence-electron chi connectivity index (χ4n) is 2.69. The first-order valence-corrected chi connectivity index (χ1v) is 8.90. The lowest BCUT2D eigenvalue weighted by Crippen LogP contribution is -2.24. The number of carbonyl (C=O) groups is 1. The number of anilines is 2. The molecular weight excluding hydrogens is 358 g/mol. The van der Waals surface area contributed by atoms with Gasteiger partial charge in [0.25, 0.3) is 5.91 Å². The molecule has 146 valence electrons. The van der Waals surface area contributed by atoms with Crippen molar-refractivity contribution in [3.8, 4) is 11.5 Å². The van der Waals surface area contributed by atoms with Gasteiger partial charge in [-0.3, -0.25) is 4.79 Å². The number of aromatic amines is 1. The lowest BCUT2D eigenvalue weighted by Gasteiger charge is -2.10. The predicted molar refractivity (Wildman–Crippen MR) is 106 cm³/mol. The zero-order valence-electron chi connectivity index (χ0n) is 16.1. The molecule has 3 rings (SSSR count). The van der Waals surface area contributed by atoms with E-state index < -0.39 is 0 Å². The molecule has 0 bridgehead atoms. The number of H-pyrrole nitrogens is 1. The highest BCUT2D eigenvalue weighted by molar-refractivity contribution is 5.97. The molecule has 0 radical (unpaired) electrons. The minimum absolute atomic E-state index is 0.194. The summed E-state index contributed by atoms with van der Waals surface area (Å²) in [7, 11) is 3.15. The molecule has 0 unspecified atom stereocenters. The Kier molecular flexibility index (Phi) is 6.11. The number of ether oxygens (including phenoxy) is 2. The Labute approximate surface area is 163 Å². The third-order valence-electron chi connectivity index (χ3n) is 4.29. The monoisotopic (exact) mass is 381 g/mol. The van der Waals surface area contributed by atoms with Crippen LogP contribution in [0.15, 0.2) is 42.5 Å². The Morgan fingerprint density at radius 1 is 1.00 bits per heavy atom. The maximum absolute atomic E-state index is 12.5. The van der Waals surface area contributed by atoms with Crippen LogP contribution in [0.5, 0.6) is 11.5 Å². The van der Waals surface area contributed by atoms with Crippen molar-refractivity contribution in [2.75, 3.05) is 19.5 Å². The van der Waals surface area contributed by atoms with Gasteiger partial charge in [-0.25, -0.2) is 0 Å². The van der Waals surface area contributed by atoms with E-state index in [4.69, 9.17) is 9.47 Å². The Morgan fingerprint density at radius 3 is 2.39 bits per heavy atom. The van der Waals surface area contributed by atoms with Crippen LogP contribution >= 0.6 is 0 Å². The number of amides is 1. The highest BCUT2D eigenvalue weighted by atomic mass is 16.5. The summed E-state index contributed by atoms with van der Waals surface area (Å²) in [6, 6.07) is 13.4. The zero-order chi connectivity index (χ0) is 19.9. The molecule has 1 heterocycles. The maximum atomic E-state index is 12.5. The van der Waals surface area contributed by atoms with Gasteiger partial charge in [-0.2, -0.15) is 5.21 Å². The Balaban J connectivity index is 1.66. The van der Waals surface area contributed by atoms with Gasteiger partial charge in [-0.1, -0.05) is 25.1 Å². The maximum Gasteiger partial charge on any atom is 0.275 e. The van der Waals surface area contributed by atoms with Crippen molar-refractivity contribution in [2.45, 2.75) is 19.9 Å². The van der Waals surface area contributed by atoms with Crippen molar-refractivity contribution in [3.63, 3.8) is 0 Å². The fraction of sp³-hybridized carbons (Fsp3) is 0.250. The number of carbonyl (C=O) groups excluding carboxylic acids is 1. The molecule has 28 heavy (non-hydrogen) atoms. The summed E-state index contributed by atoms with van der Waals surface area (Å²) in [5.41, 5.74) is 3.14. The van der Waals surface area contributed by atoms with E-state index in [9.17, 15) is 4.79 Å². The van der Waals surface area contributed by atoms with Gasteiger partial charge in [0.1, 0.15) is 0 Å². The number of aryl methyl sites for hydroxylation is 1. The second-order valence-electron chi connectivity index (χ2n) is 6.07. The summed E-state index contributed by atoms with van der Waals surface area (Å²) >= 11 is 0. The van der Waals surface area contributed by atoms with Crippen LogP contribution in [0.2, 0.25) is 0 Å². The number of methoxy groups -OCH3 is 2. The van der Waals surface area contributed by atoms with Gasteiger partial charge >= 0.3 is 0 Å². The van der Waals surface area contributed by atoms with Gasteiger partial charge in [0.2, 0.25) is 0 Å². The van der Waals surface area contributed by atoms with Crippen LogP contribution in [-0.2, 0) is 13.0 Å². The van der Waals surface area contributed by atoms with Gasteiger partial charge in [-0.15, -0.1) is 10.2 Å². The lowest BCUT2D eigenvalue weighted by atomic mass is 10.1. The number of hydrogen-bond donors (Lipinski definition) is 3. The fourth-order valence-corrected chi connectivity index (χ4v) is 2.69. The average Bonchev–Trinajstić information content (AvgIpc) is 3.20. The van der Waals surface area contributed by atoms with Crippen LogP contribution in [-0.4, -0.2) is 35.5 Å². The van der Waals surface area contributed by atoms with Crippen molar-refractivity contribution in [1.29, 1.82) is 0 Å². The number of hydrogen-bond acceptors (Lipinski definition) is 6. The van der Waals surface area contributed by atoms with Gasteiger partial charge < -0.3 is 20.1 Å². The average molecular weight is 381 g/mol. The highest BCUT2D eigenvalue weighted by Crippen LogP contribution is 2.27. The van der Waals surface area contributed by atoms with Crippen molar-refractivity contribution in [1.82, 2.24) is 20.7 Å². The summed E-state index contributed by atoms with van der Waals surface area (Å²) in [5, 5.41) is 16.4. The van der Waals surface area contributed by atoms with E-state index in [1.54, 1.807) is 20.3 Å². The van der Waals surface area contributed by atoms with Crippen molar-refractivity contribution in [3.05, 3.63) is 59.3 Å². The number of nitrogens with zero attached hydrogens (tertiary/aromatic N) is 2. The van der Waals surface area contributed by atoms with Gasteiger partial charge in [0.05, 0.1) is 14.2 Å². The lowest BCUT2D eigenvalue weighted by molar-refractivity contribution is 0.0946. The van der Waals surface area contributed by atoms with Crippen LogP contribution in [0.4, 0.5) is 11.5 Å².